The predicted octanol–water partition coefficient (Wildman–Crippen LogP) is 4.84. The van der Waals surface area contributed by atoms with Crippen molar-refractivity contribution in [1.29, 1.82) is 0 Å². The Morgan fingerprint density at radius 2 is 2.04 bits per heavy atom. The van der Waals surface area contributed by atoms with Crippen LogP contribution in [-0.4, -0.2) is 18.1 Å². The summed E-state index contributed by atoms with van der Waals surface area (Å²) in [6.45, 7) is 0. The van der Waals surface area contributed by atoms with Crippen molar-refractivity contribution in [2.24, 2.45) is 0 Å². The van der Waals surface area contributed by atoms with Gasteiger partial charge in [-0.2, -0.15) is 0 Å². The fraction of sp³-hybridized carbons (Fsp3) is 0.0667. The number of anilines is 1. The van der Waals surface area contributed by atoms with E-state index in [2.05, 4.69) is 49.2 Å². The van der Waals surface area contributed by atoms with Crippen LogP contribution < -0.4 is 15.4 Å². The first-order valence-electron chi connectivity index (χ1n) is 6.31. The molecule has 0 aromatic heterocycles. The number of carbonyl (C=O) groups excluding carboxylic acids is 1. The van der Waals surface area contributed by atoms with Crippen LogP contribution in [0.15, 0.2) is 40.9 Å². The van der Waals surface area contributed by atoms with E-state index in [0.717, 1.165) is 13.7 Å². The molecular formula is C15H11BrClIN2O2S. The molecule has 0 spiro atoms. The molecule has 2 rings (SSSR count). The molecule has 0 bridgehead atoms. The maximum absolute atomic E-state index is 12.2. The molecule has 1 amide bonds. The summed E-state index contributed by atoms with van der Waals surface area (Å²) in [5.41, 5.74) is 1.09. The summed E-state index contributed by atoms with van der Waals surface area (Å²) in [4.78, 5) is 12.2. The van der Waals surface area contributed by atoms with E-state index in [1.54, 1.807) is 37.4 Å². The number of hydrogen-bond acceptors (Lipinski definition) is 3. The highest BCUT2D eigenvalue weighted by atomic mass is 127. The summed E-state index contributed by atoms with van der Waals surface area (Å²) in [6, 6.07) is 10.6. The summed E-state index contributed by atoms with van der Waals surface area (Å²) in [6.07, 6.45) is 0. The quantitative estimate of drug-likeness (QED) is 0.445. The predicted molar refractivity (Wildman–Crippen MR) is 109 cm³/mol. The normalized spacial score (nSPS) is 10.1. The van der Waals surface area contributed by atoms with Crippen molar-refractivity contribution in [3.8, 4) is 5.75 Å². The Labute approximate surface area is 166 Å². The highest BCUT2D eigenvalue weighted by molar-refractivity contribution is 14.1. The highest BCUT2D eigenvalue weighted by Gasteiger charge is 2.13. The molecular weight excluding hydrogens is 515 g/mol. The molecule has 0 unspecified atom stereocenters. The van der Waals surface area contributed by atoms with Crippen LogP contribution in [0, 0.1) is 3.57 Å². The number of benzene rings is 2. The molecule has 4 nitrogen and oxygen atoms in total. The third kappa shape index (κ3) is 5.03. The number of hydrogen-bond donors (Lipinski definition) is 2. The van der Waals surface area contributed by atoms with Gasteiger partial charge in [0, 0.05) is 9.26 Å². The van der Waals surface area contributed by atoms with Gasteiger partial charge in [-0.05, 0) is 87.1 Å². The number of nitrogens with one attached hydrogen (secondary N) is 2. The average molecular weight is 526 g/mol. The van der Waals surface area contributed by atoms with E-state index in [-0.39, 0.29) is 11.0 Å². The second-order valence-corrected chi connectivity index (χ2v) is 7.30. The fourth-order valence-corrected chi connectivity index (χ4v) is 3.19. The molecule has 0 aliphatic carbocycles. The molecule has 0 fully saturated rings. The minimum atomic E-state index is -0.362. The largest absolute Gasteiger partial charge is 0.496 e. The van der Waals surface area contributed by atoms with Gasteiger partial charge in [0.25, 0.3) is 5.91 Å². The highest BCUT2D eigenvalue weighted by Crippen LogP contribution is 2.27. The standard InChI is InChI=1S/C15H11BrClIN2O2S/c1-22-13-5-3-9(7-11(13)16)19-15(23)20-14(21)10-6-8(18)2-4-12(10)17/h2-7H,1H3,(H2,19,20,21,23). The molecule has 8 heteroatoms. The van der Waals surface area contributed by atoms with Gasteiger partial charge in [-0.25, -0.2) is 0 Å². The van der Waals surface area contributed by atoms with E-state index >= 15 is 0 Å². The van der Waals surface area contributed by atoms with Crippen molar-refractivity contribution >= 4 is 79.0 Å². The first kappa shape index (κ1) is 18.4. The Kier molecular flexibility index (Phi) is 6.63. The lowest BCUT2D eigenvalue weighted by molar-refractivity contribution is 0.0978. The van der Waals surface area contributed by atoms with Gasteiger partial charge in [-0.3, -0.25) is 10.1 Å². The van der Waals surface area contributed by atoms with Crippen LogP contribution in [-0.2, 0) is 0 Å². The first-order valence-corrected chi connectivity index (χ1v) is 8.97. The lowest BCUT2D eigenvalue weighted by Gasteiger charge is -2.12. The molecule has 0 heterocycles. The Bertz CT molecular complexity index is 773. The van der Waals surface area contributed by atoms with E-state index in [1.165, 1.54) is 0 Å². The van der Waals surface area contributed by atoms with E-state index in [0.29, 0.717) is 16.3 Å². The van der Waals surface area contributed by atoms with Gasteiger partial charge in [0.05, 0.1) is 22.2 Å². The van der Waals surface area contributed by atoms with Crippen molar-refractivity contribution in [3.63, 3.8) is 0 Å². The average Bonchev–Trinajstić information content (AvgIpc) is 2.49. The SMILES string of the molecule is COc1ccc(NC(=S)NC(=O)c2cc(I)ccc2Cl)cc1Br. The molecule has 2 aromatic rings. The molecule has 0 radical (unpaired) electrons. The van der Waals surface area contributed by atoms with Crippen LogP contribution in [0.4, 0.5) is 5.69 Å². The zero-order valence-electron chi connectivity index (χ0n) is 11.8. The maximum atomic E-state index is 12.2. The zero-order chi connectivity index (χ0) is 17.0. The molecule has 23 heavy (non-hydrogen) atoms. The molecule has 2 N–H and O–H groups in total. The molecule has 120 valence electrons. The number of amides is 1. The smallest absolute Gasteiger partial charge is 0.258 e. The molecule has 0 saturated heterocycles. The Morgan fingerprint density at radius 3 is 2.70 bits per heavy atom. The third-order valence-corrected chi connectivity index (χ3v) is 4.63. The lowest BCUT2D eigenvalue weighted by Crippen LogP contribution is -2.34. The minimum Gasteiger partial charge on any atom is -0.496 e. The number of methoxy groups -OCH3 is 1. The fourth-order valence-electron chi connectivity index (χ4n) is 1.75. The Morgan fingerprint density at radius 1 is 1.30 bits per heavy atom. The van der Waals surface area contributed by atoms with E-state index in [1.807, 2.05) is 6.07 Å². The molecule has 0 aliphatic rings. The molecule has 0 aliphatic heterocycles. The van der Waals surface area contributed by atoms with Crippen LogP contribution in [0.3, 0.4) is 0 Å². The van der Waals surface area contributed by atoms with Crippen LogP contribution in [0.25, 0.3) is 0 Å². The minimum absolute atomic E-state index is 0.182. The van der Waals surface area contributed by atoms with E-state index < -0.39 is 0 Å². The second-order valence-electron chi connectivity index (χ2n) is 4.38. The second kappa shape index (κ2) is 8.27. The van der Waals surface area contributed by atoms with Gasteiger partial charge in [-0.15, -0.1) is 0 Å². The summed E-state index contributed by atoms with van der Waals surface area (Å²) < 4.78 is 6.85. The summed E-state index contributed by atoms with van der Waals surface area (Å²) in [7, 11) is 1.59. The number of thiocarbonyl (C=S) groups is 1. The summed E-state index contributed by atoms with van der Waals surface area (Å²) in [5.74, 6) is 0.342. The van der Waals surface area contributed by atoms with Gasteiger partial charge in [-0.1, -0.05) is 11.6 Å². The summed E-state index contributed by atoms with van der Waals surface area (Å²) in [5, 5.41) is 6.10. The van der Waals surface area contributed by atoms with Crippen molar-refractivity contribution in [2.45, 2.75) is 0 Å². The summed E-state index contributed by atoms with van der Waals surface area (Å²) >= 11 is 16.7. The number of carbonyl (C=O) groups is 1. The zero-order valence-corrected chi connectivity index (χ0v) is 17.1. The van der Waals surface area contributed by atoms with Crippen LogP contribution in [0.2, 0.25) is 5.02 Å². The molecule has 0 atom stereocenters. The van der Waals surface area contributed by atoms with Gasteiger partial charge >= 0.3 is 0 Å². The van der Waals surface area contributed by atoms with Crippen molar-refractivity contribution < 1.29 is 9.53 Å². The topological polar surface area (TPSA) is 50.4 Å². The van der Waals surface area contributed by atoms with Gasteiger partial charge in [0.1, 0.15) is 5.75 Å². The van der Waals surface area contributed by atoms with E-state index in [4.69, 9.17) is 28.6 Å². The van der Waals surface area contributed by atoms with Gasteiger partial charge in [0.15, 0.2) is 5.11 Å². The lowest BCUT2D eigenvalue weighted by atomic mass is 10.2. The van der Waals surface area contributed by atoms with Crippen molar-refractivity contribution in [2.75, 3.05) is 12.4 Å². The van der Waals surface area contributed by atoms with Crippen LogP contribution in [0.1, 0.15) is 10.4 Å². The third-order valence-electron chi connectivity index (χ3n) is 2.81. The maximum Gasteiger partial charge on any atom is 0.258 e. The van der Waals surface area contributed by atoms with E-state index in [9.17, 15) is 4.79 Å². The molecule has 2 aromatic carbocycles. The number of ether oxygens (including phenoxy) is 1. The molecule has 0 saturated carbocycles. The Hall–Kier alpha value is -0.900. The van der Waals surface area contributed by atoms with Gasteiger partial charge in [0.2, 0.25) is 0 Å². The number of halogens is 3. The first-order chi connectivity index (χ1) is 10.9. The number of rotatable bonds is 3. The Balaban J connectivity index is 2.06. The van der Waals surface area contributed by atoms with Crippen molar-refractivity contribution in [1.82, 2.24) is 5.32 Å². The van der Waals surface area contributed by atoms with Crippen LogP contribution >= 0.6 is 62.3 Å². The van der Waals surface area contributed by atoms with Crippen LogP contribution in [0.5, 0.6) is 5.75 Å². The van der Waals surface area contributed by atoms with Gasteiger partial charge < -0.3 is 10.1 Å². The van der Waals surface area contributed by atoms with Crippen molar-refractivity contribution in [3.05, 3.63) is 55.0 Å². The monoisotopic (exact) mass is 524 g/mol.